The van der Waals surface area contributed by atoms with Crippen molar-refractivity contribution in [2.45, 2.75) is 40.2 Å². The first kappa shape index (κ1) is 14.1. The fraction of sp³-hybridized carbons (Fsp3) is 0.615. The molecule has 0 spiro atoms. The second kappa shape index (κ2) is 6.19. The second-order valence-electron chi connectivity index (χ2n) is 5.08. The van der Waals surface area contributed by atoms with Crippen molar-refractivity contribution in [3.63, 3.8) is 0 Å². The van der Waals surface area contributed by atoms with Crippen LogP contribution in [0.1, 0.15) is 33.6 Å². The van der Waals surface area contributed by atoms with Crippen molar-refractivity contribution >= 4 is 28.6 Å². The smallest absolute Gasteiger partial charge is 0.226 e. The van der Waals surface area contributed by atoms with Crippen molar-refractivity contribution in [1.82, 2.24) is 19.5 Å². The molecule has 1 N–H and O–H groups in total. The zero-order valence-corrected chi connectivity index (χ0v) is 12.4. The standard InChI is InChI=1S/C13H20ClN5/c1-4-5-6-19-8-16-12-10(19)11(15-7-9(2)3)17-13(14)18-12/h8-9H,4-7H2,1-3H3,(H,15,17,18). The van der Waals surface area contributed by atoms with Crippen LogP contribution in [0.25, 0.3) is 11.2 Å². The molecule has 0 amide bonds. The number of unbranched alkanes of at least 4 members (excludes halogenated alkanes) is 1. The monoisotopic (exact) mass is 281 g/mol. The van der Waals surface area contributed by atoms with Crippen LogP contribution in [0, 0.1) is 5.92 Å². The minimum absolute atomic E-state index is 0.236. The molecule has 0 unspecified atom stereocenters. The lowest BCUT2D eigenvalue weighted by Crippen LogP contribution is -2.11. The lowest BCUT2D eigenvalue weighted by molar-refractivity contribution is 0.644. The highest BCUT2D eigenvalue weighted by Crippen LogP contribution is 2.22. The minimum Gasteiger partial charge on any atom is -0.368 e. The van der Waals surface area contributed by atoms with Crippen LogP contribution in [0.15, 0.2) is 6.33 Å². The van der Waals surface area contributed by atoms with Gasteiger partial charge in [0.2, 0.25) is 5.28 Å². The molecule has 0 saturated heterocycles. The Labute approximate surface area is 118 Å². The van der Waals surface area contributed by atoms with E-state index in [1.807, 2.05) is 6.33 Å². The van der Waals surface area contributed by atoms with Crippen molar-refractivity contribution in [2.24, 2.45) is 5.92 Å². The number of imidazole rings is 1. The molecule has 2 aromatic rings. The van der Waals surface area contributed by atoms with Crippen molar-refractivity contribution in [3.8, 4) is 0 Å². The summed E-state index contributed by atoms with van der Waals surface area (Å²) in [5.41, 5.74) is 1.60. The number of halogens is 1. The Bertz CT molecular complexity index is 549. The molecule has 19 heavy (non-hydrogen) atoms. The maximum atomic E-state index is 5.94. The highest BCUT2D eigenvalue weighted by molar-refractivity contribution is 6.28. The van der Waals surface area contributed by atoms with Crippen LogP contribution in [-0.4, -0.2) is 26.1 Å². The number of aryl methyl sites for hydroxylation is 1. The number of nitrogens with zero attached hydrogens (tertiary/aromatic N) is 4. The zero-order chi connectivity index (χ0) is 13.8. The van der Waals surface area contributed by atoms with E-state index in [1.54, 1.807) is 0 Å². The van der Waals surface area contributed by atoms with Crippen molar-refractivity contribution in [1.29, 1.82) is 0 Å². The number of nitrogens with one attached hydrogen (secondary N) is 1. The van der Waals surface area contributed by atoms with E-state index in [0.717, 1.165) is 37.3 Å². The Morgan fingerprint density at radius 1 is 1.37 bits per heavy atom. The summed E-state index contributed by atoms with van der Waals surface area (Å²) in [6.45, 7) is 8.25. The van der Waals surface area contributed by atoms with Crippen LogP contribution < -0.4 is 5.32 Å². The molecule has 2 rings (SSSR count). The molecule has 0 aliphatic rings. The lowest BCUT2D eigenvalue weighted by atomic mass is 10.2. The molecule has 0 aliphatic heterocycles. The Hall–Kier alpha value is -1.36. The van der Waals surface area contributed by atoms with E-state index in [4.69, 9.17) is 11.6 Å². The van der Waals surface area contributed by atoms with Gasteiger partial charge in [0.15, 0.2) is 11.5 Å². The van der Waals surface area contributed by atoms with Gasteiger partial charge in [0.05, 0.1) is 6.33 Å². The van der Waals surface area contributed by atoms with Crippen LogP contribution in [0.5, 0.6) is 0 Å². The number of rotatable bonds is 6. The summed E-state index contributed by atoms with van der Waals surface area (Å²) in [7, 11) is 0. The van der Waals surface area contributed by atoms with Gasteiger partial charge in [-0.3, -0.25) is 0 Å². The minimum atomic E-state index is 0.236. The quantitative estimate of drug-likeness (QED) is 0.825. The third kappa shape index (κ3) is 3.35. The Balaban J connectivity index is 2.37. The molecule has 5 nitrogen and oxygen atoms in total. The summed E-state index contributed by atoms with van der Waals surface area (Å²) in [4.78, 5) is 12.8. The normalized spacial score (nSPS) is 11.4. The Morgan fingerprint density at radius 3 is 2.84 bits per heavy atom. The van der Waals surface area contributed by atoms with Gasteiger partial charge in [-0.1, -0.05) is 27.2 Å². The molecule has 0 bridgehead atoms. The van der Waals surface area contributed by atoms with E-state index in [2.05, 4.69) is 45.6 Å². The van der Waals surface area contributed by atoms with Crippen molar-refractivity contribution in [2.75, 3.05) is 11.9 Å². The van der Waals surface area contributed by atoms with Crippen LogP contribution in [0.2, 0.25) is 5.28 Å². The molecule has 2 heterocycles. The van der Waals surface area contributed by atoms with Crippen LogP contribution in [-0.2, 0) is 6.54 Å². The highest BCUT2D eigenvalue weighted by atomic mass is 35.5. The van der Waals surface area contributed by atoms with Gasteiger partial charge in [0, 0.05) is 13.1 Å². The summed E-state index contributed by atoms with van der Waals surface area (Å²) in [6, 6.07) is 0. The fourth-order valence-electron chi connectivity index (χ4n) is 1.88. The fourth-order valence-corrected chi connectivity index (χ4v) is 2.04. The summed E-state index contributed by atoms with van der Waals surface area (Å²) >= 11 is 5.94. The first-order valence-electron chi connectivity index (χ1n) is 6.74. The number of aromatic nitrogens is 4. The summed E-state index contributed by atoms with van der Waals surface area (Å²) < 4.78 is 2.10. The second-order valence-corrected chi connectivity index (χ2v) is 5.42. The number of fused-ring (bicyclic) bond motifs is 1. The maximum absolute atomic E-state index is 5.94. The molecule has 2 aromatic heterocycles. The van der Waals surface area contributed by atoms with Crippen LogP contribution in [0.3, 0.4) is 0 Å². The molecule has 104 valence electrons. The predicted molar refractivity (Wildman–Crippen MR) is 78.6 cm³/mol. The molecule has 0 aliphatic carbocycles. The maximum Gasteiger partial charge on any atom is 0.226 e. The van der Waals surface area contributed by atoms with Crippen LogP contribution in [0.4, 0.5) is 5.82 Å². The van der Waals surface area contributed by atoms with Crippen molar-refractivity contribution in [3.05, 3.63) is 11.6 Å². The SMILES string of the molecule is CCCCn1cnc2nc(Cl)nc(NCC(C)C)c21. The molecule has 0 saturated carbocycles. The topological polar surface area (TPSA) is 55.6 Å². The first-order chi connectivity index (χ1) is 9.11. The van der Waals surface area contributed by atoms with Crippen LogP contribution >= 0.6 is 11.6 Å². The molecular formula is C13H20ClN5. The van der Waals surface area contributed by atoms with Gasteiger partial charge < -0.3 is 9.88 Å². The van der Waals surface area contributed by atoms with E-state index >= 15 is 0 Å². The molecule has 0 radical (unpaired) electrons. The average molecular weight is 282 g/mol. The zero-order valence-electron chi connectivity index (χ0n) is 11.6. The summed E-state index contributed by atoms with van der Waals surface area (Å²) in [5, 5.41) is 3.57. The largest absolute Gasteiger partial charge is 0.368 e. The summed E-state index contributed by atoms with van der Waals surface area (Å²) in [6.07, 6.45) is 4.06. The van der Waals surface area contributed by atoms with Gasteiger partial charge in [-0.15, -0.1) is 0 Å². The molecule has 0 aromatic carbocycles. The van der Waals surface area contributed by atoms with Gasteiger partial charge in [0.1, 0.15) is 5.52 Å². The third-order valence-corrected chi connectivity index (χ3v) is 3.04. The van der Waals surface area contributed by atoms with Gasteiger partial charge in [0.25, 0.3) is 0 Å². The molecular weight excluding hydrogens is 262 g/mol. The van der Waals surface area contributed by atoms with E-state index in [9.17, 15) is 0 Å². The average Bonchev–Trinajstić information content (AvgIpc) is 2.76. The molecule has 0 atom stereocenters. The number of hydrogen-bond donors (Lipinski definition) is 1. The van der Waals surface area contributed by atoms with Gasteiger partial charge in [-0.25, -0.2) is 4.98 Å². The third-order valence-electron chi connectivity index (χ3n) is 2.88. The lowest BCUT2D eigenvalue weighted by Gasteiger charge is -2.11. The molecule has 6 heteroatoms. The molecule has 0 fully saturated rings. The van der Waals surface area contributed by atoms with Gasteiger partial charge in [-0.05, 0) is 23.9 Å². The number of hydrogen-bond acceptors (Lipinski definition) is 4. The summed E-state index contributed by atoms with van der Waals surface area (Å²) in [5.74, 6) is 1.31. The first-order valence-corrected chi connectivity index (χ1v) is 7.11. The predicted octanol–water partition coefficient (Wildman–Crippen LogP) is 3.35. The Morgan fingerprint density at radius 2 is 2.16 bits per heavy atom. The van der Waals surface area contributed by atoms with Gasteiger partial charge >= 0.3 is 0 Å². The van der Waals surface area contributed by atoms with E-state index in [1.165, 1.54) is 0 Å². The Kier molecular flexibility index (Phi) is 4.58. The van der Waals surface area contributed by atoms with E-state index in [-0.39, 0.29) is 5.28 Å². The van der Waals surface area contributed by atoms with Crippen molar-refractivity contribution < 1.29 is 0 Å². The van der Waals surface area contributed by atoms with E-state index in [0.29, 0.717) is 11.6 Å². The number of anilines is 1. The van der Waals surface area contributed by atoms with E-state index < -0.39 is 0 Å². The van der Waals surface area contributed by atoms with Gasteiger partial charge in [-0.2, -0.15) is 9.97 Å². The highest BCUT2D eigenvalue weighted by Gasteiger charge is 2.12.